The number of aliphatic carboxylic acids is 1. The molecule has 0 bridgehead atoms. The molecule has 1 saturated carbocycles. The van der Waals surface area contributed by atoms with Crippen LogP contribution in [0.4, 0.5) is 4.79 Å². The van der Waals surface area contributed by atoms with Gasteiger partial charge in [0, 0.05) is 98.8 Å². The summed E-state index contributed by atoms with van der Waals surface area (Å²) in [7, 11) is 0. The van der Waals surface area contributed by atoms with E-state index in [9.17, 15) is 67.4 Å². The lowest BCUT2D eigenvalue weighted by atomic mass is 10.0. The van der Waals surface area contributed by atoms with Crippen LogP contribution in [0.15, 0.2) is 47.9 Å². The molecule has 0 aromatic carbocycles. The van der Waals surface area contributed by atoms with E-state index in [1.54, 1.807) is 30.7 Å². The summed E-state index contributed by atoms with van der Waals surface area (Å²) in [5, 5.41) is 47.3. The molecule has 7 heterocycles. The topological polar surface area (TPSA) is 483 Å². The van der Waals surface area contributed by atoms with Gasteiger partial charge in [-0.05, 0) is 93.8 Å². The number of urea groups is 1. The number of rotatable bonds is 27. The Morgan fingerprint density at radius 2 is 1.38 bits per heavy atom. The second-order valence-corrected chi connectivity index (χ2v) is 29.3. The highest BCUT2D eigenvalue weighted by Crippen LogP contribution is 2.34. The number of nitrogens with one attached hydrogen (secondary N) is 14. The molecule has 4 aliphatic heterocycles. The fraction of sp³-hybridized carbons (Fsp3) is 0.627. The Morgan fingerprint density at radius 3 is 2.09 bits per heavy atom. The number of carboxylic acid groups (broad SMARTS) is 1. The van der Waals surface area contributed by atoms with E-state index in [2.05, 4.69) is 89.1 Å². The number of imidazole rings is 1. The van der Waals surface area contributed by atoms with Gasteiger partial charge in [-0.1, -0.05) is 32.3 Å². The quantitative estimate of drug-likeness (QED) is 0.0298. The molecule has 4 saturated heterocycles. The van der Waals surface area contributed by atoms with Gasteiger partial charge in [0.25, 0.3) is 0 Å². The highest BCUT2D eigenvalue weighted by atomic mass is 32.2. The summed E-state index contributed by atoms with van der Waals surface area (Å²) < 4.78 is 5.73. The second kappa shape index (κ2) is 41.5. The first kappa shape index (κ1) is 80.7. The fourth-order valence-corrected chi connectivity index (χ4v) is 15.2. The number of carbonyl (C=O) groups is 14. The molecule has 37 heteroatoms. The van der Waals surface area contributed by atoms with Crippen LogP contribution in [0.2, 0.25) is 0 Å². The molecule has 0 unspecified atom stereocenters. The van der Waals surface area contributed by atoms with Crippen molar-refractivity contribution in [2.75, 3.05) is 57.2 Å². The van der Waals surface area contributed by atoms with Gasteiger partial charge in [-0.15, -0.1) is 11.3 Å². The number of carbonyl (C=O) groups excluding carboxylic acids is 13. The maximum atomic E-state index is 15.0. The van der Waals surface area contributed by atoms with E-state index in [0.717, 1.165) is 31.4 Å². The van der Waals surface area contributed by atoms with E-state index in [-0.39, 0.29) is 132 Å². The smallest absolute Gasteiger partial charge is 0.315 e. The molecular weight excluding hydrogens is 1410 g/mol. The number of amides is 14. The zero-order chi connectivity index (χ0) is 74.5. The van der Waals surface area contributed by atoms with Crippen LogP contribution in [-0.4, -0.2) is 242 Å². The number of thioether (sulfide) groups is 2. The highest BCUT2D eigenvalue weighted by Gasteiger charge is 2.44. The molecule has 3 aromatic heterocycles. The van der Waals surface area contributed by atoms with Crippen LogP contribution < -0.4 is 69.1 Å². The number of H-pyrrole nitrogens is 1. The van der Waals surface area contributed by atoms with E-state index < -0.39 is 145 Å². The van der Waals surface area contributed by atoms with Gasteiger partial charge in [-0.2, -0.15) is 23.5 Å². The van der Waals surface area contributed by atoms with Crippen LogP contribution >= 0.6 is 34.9 Å². The SMILES string of the molecule is CC[C@@H]1NC(=O)[C@H](Cc2cnc[nH]2)NC(=O)[C@H](Cc2cscn2)NC(=O)[C@H]2CCCN2C(=O)[C@@H](NC(=O)CCOCCNC(=O)CCCC[C@@H]2SC[C@@H]3NC(=O)N[C@@H]32)CCCNC(=O)[C@H](Cc2cccnc2)NC(=O)[C@H](CC2CC2)NC(=O)[C@H](CCSC)NC(=O)[C@H](CCC(=O)O)NC(=O)CNC1=O. The van der Waals surface area contributed by atoms with Crippen LogP contribution in [0.25, 0.3) is 0 Å². The zero-order valence-electron chi connectivity index (χ0n) is 58.3. The number of aromatic nitrogens is 4. The summed E-state index contributed by atoms with van der Waals surface area (Å²) in [5.41, 5.74) is 2.88. The standard InChI is InChI=1S/C67H96N18O16S3/c1-3-42-58(91)72-33-55(88)75-43(16-17-56(89)90)60(93)78-44(19-26-102-2)61(94)80-47(27-38-14-15-38)62(95)79-46(28-39-9-6-20-68-31-39)59(92)71-21-7-10-45(76-54(87)18-24-101-25-22-70-53(86)13-5-4-12-52-57-50(35-104-52)83-67(100)84-57)66(99)85-23-8-11-51(85)65(98)82-49(30-41-34-103-37-74-41)64(97)81-48(63(96)77-42)29-40-32-69-36-73-40/h6,9,20,31-32,34,36-38,42-52,57H,3-5,7-8,10-19,21-30,33,35H2,1-2H3,(H,69,73)(H,70,86)(H,71,92)(H,72,91)(H,75,88)(H,76,87)(H,77,96)(H,78,93)(H,79,95)(H,80,94)(H,81,97)(H,82,98)(H,89,90)(H2,83,84,100)/t42-,43-,44-,45-,46-,47-,48-,49-,50-,51+,52-,57-/m0/s1. The van der Waals surface area contributed by atoms with E-state index >= 15 is 4.79 Å². The molecule has 0 spiro atoms. The molecule has 3 aromatic rings. The second-order valence-electron chi connectivity index (χ2n) is 26.4. The first-order chi connectivity index (χ1) is 50.1. The highest BCUT2D eigenvalue weighted by molar-refractivity contribution is 8.00. The third-order valence-electron chi connectivity index (χ3n) is 18.4. The molecular formula is C67H96N18O16S3. The lowest BCUT2D eigenvalue weighted by molar-refractivity contribution is -0.142. The minimum absolute atomic E-state index is 0.0223. The average Bonchev–Trinajstić information content (AvgIpc) is 1.67. The summed E-state index contributed by atoms with van der Waals surface area (Å²) in [5.74, 6) is -8.86. The van der Waals surface area contributed by atoms with Gasteiger partial charge < -0.3 is 88.8 Å². The largest absolute Gasteiger partial charge is 0.481 e. The first-order valence-electron chi connectivity index (χ1n) is 35.4. The number of fused-ring (bicyclic) bond motifs is 2. The van der Waals surface area contributed by atoms with E-state index in [1.807, 2.05) is 11.8 Å². The normalized spacial score (nSPS) is 26.1. The van der Waals surface area contributed by atoms with Gasteiger partial charge in [0.2, 0.25) is 70.9 Å². The molecule has 34 nitrogen and oxygen atoms in total. The molecule has 15 N–H and O–H groups in total. The predicted molar refractivity (Wildman–Crippen MR) is 381 cm³/mol. The molecule has 12 atom stereocenters. The number of carboxylic acids is 1. The fourth-order valence-electron chi connectivity index (χ4n) is 12.6. The van der Waals surface area contributed by atoms with Gasteiger partial charge in [0.15, 0.2) is 0 Å². The van der Waals surface area contributed by atoms with Crippen molar-refractivity contribution in [1.82, 2.24) is 94.0 Å². The van der Waals surface area contributed by atoms with Crippen molar-refractivity contribution in [2.24, 2.45) is 5.92 Å². The molecule has 104 heavy (non-hydrogen) atoms. The lowest BCUT2D eigenvalue weighted by Gasteiger charge is -2.30. The molecule has 5 fully saturated rings. The van der Waals surface area contributed by atoms with Gasteiger partial charge in [-0.3, -0.25) is 67.3 Å². The van der Waals surface area contributed by atoms with Gasteiger partial charge in [-0.25, -0.2) is 14.8 Å². The number of ether oxygens (including phenoxy) is 1. The Bertz CT molecular complexity index is 3430. The lowest BCUT2D eigenvalue weighted by Crippen LogP contribution is -2.60. The van der Waals surface area contributed by atoms with Crippen molar-refractivity contribution in [3.63, 3.8) is 0 Å². The third-order valence-corrected chi connectivity index (χ3v) is 21.2. The zero-order valence-corrected chi connectivity index (χ0v) is 60.8. The molecule has 1 aliphatic carbocycles. The van der Waals surface area contributed by atoms with E-state index in [1.165, 1.54) is 58.4 Å². The average molecular weight is 1510 g/mol. The number of unbranched alkanes of at least 4 members (excludes halogenated alkanes) is 1. The van der Waals surface area contributed by atoms with Gasteiger partial charge >= 0.3 is 12.0 Å². The minimum Gasteiger partial charge on any atom is -0.481 e. The van der Waals surface area contributed by atoms with Gasteiger partial charge in [0.05, 0.1) is 49.4 Å². The Balaban J connectivity index is 1.01. The summed E-state index contributed by atoms with van der Waals surface area (Å²) >= 11 is 4.39. The number of aromatic amines is 1. The Kier molecular flexibility index (Phi) is 32.2. The third kappa shape index (κ3) is 26.0. The number of pyridine rings is 1. The summed E-state index contributed by atoms with van der Waals surface area (Å²) in [6.45, 7) is 0.927. The van der Waals surface area contributed by atoms with Crippen molar-refractivity contribution in [3.05, 3.63) is 64.9 Å². The summed E-state index contributed by atoms with van der Waals surface area (Å²) in [6.07, 6.45) is 10.6. The van der Waals surface area contributed by atoms with Crippen LogP contribution in [0, 0.1) is 5.92 Å². The van der Waals surface area contributed by atoms with Gasteiger partial charge in [0.1, 0.15) is 54.4 Å². The minimum atomic E-state index is -1.55. The summed E-state index contributed by atoms with van der Waals surface area (Å²) in [4.78, 5) is 211. The van der Waals surface area contributed by atoms with Crippen molar-refractivity contribution in [2.45, 2.75) is 201 Å². The van der Waals surface area contributed by atoms with Crippen LogP contribution in [0.5, 0.6) is 0 Å². The maximum Gasteiger partial charge on any atom is 0.315 e. The van der Waals surface area contributed by atoms with E-state index in [0.29, 0.717) is 42.0 Å². The molecule has 14 amide bonds. The molecule has 5 aliphatic rings. The number of thiazole rings is 1. The van der Waals surface area contributed by atoms with Crippen molar-refractivity contribution >= 4 is 118 Å². The van der Waals surface area contributed by atoms with E-state index in [4.69, 9.17) is 4.74 Å². The van der Waals surface area contributed by atoms with Crippen LogP contribution in [0.1, 0.15) is 127 Å². The van der Waals surface area contributed by atoms with Crippen molar-refractivity contribution in [3.8, 4) is 0 Å². The Hall–Kier alpha value is -8.97. The van der Waals surface area contributed by atoms with Crippen molar-refractivity contribution < 1.29 is 77.0 Å². The number of hydrogen-bond donors (Lipinski definition) is 15. The molecule has 0 radical (unpaired) electrons. The van der Waals surface area contributed by atoms with Crippen LogP contribution in [-0.2, 0) is 86.3 Å². The Labute approximate surface area is 614 Å². The molecule has 8 rings (SSSR count). The monoisotopic (exact) mass is 1500 g/mol. The Morgan fingerprint density at radius 1 is 0.683 bits per heavy atom. The summed E-state index contributed by atoms with van der Waals surface area (Å²) in [6, 6.07) is -8.60. The number of nitrogens with zero attached hydrogens (tertiary/aromatic N) is 4. The number of hydrogen-bond acceptors (Lipinski definition) is 21. The molecule has 568 valence electrons. The predicted octanol–water partition coefficient (Wildman–Crippen LogP) is -1.74. The maximum absolute atomic E-state index is 15.0. The van der Waals surface area contributed by atoms with Crippen LogP contribution in [0.3, 0.4) is 0 Å². The van der Waals surface area contributed by atoms with Crippen molar-refractivity contribution in [1.29, 1.82) is 0 Å². The first-order valence-corrected chi connectivity index (χ1v) is 38.8.